The van der Waals surface area contributed by atoms with E-state index >= 15 is 0 Å². The van der Waals surface area contributed by atoms with Gasteiger partial charge in [0.25, 0.3) is 0 Å². The van der Waals surface area contributed by atoms with Gasteiger partial charge in [-0.25, -0.2) is 14.3 Å². The Labute approximate surface area is 243 Å². The molecule has 1 aromatic heterocycles. The summed E-state index contributed by atoms with van der Waals surface area (Å²) in [5, 5.41) is 6.24. The Kier molecular flexibility index (Phi) is 8.36. The fraction of sp³-hybridized carbons (Fsp3) is 0.679. The maximum absolute atomic E-state index is 12.7. The normalized spacial score (nSPS) is 21.2. The van der Waals surface area contributed by atoms with Crippen LogP contribution in [-0.4, -0.2) is 76.8 Å². The second-order valence-electron chi connectivity index (χ2n) is 12.1. The number of amides is 2. The molecule has 0 bridgehead atoms. The van der Waals surface area contributed by atoms with Crippen LogP contribution in [0.3, 0.4) is 0 Å². The topological polar surface area (TPSA) is 86.1 Å². The van der Waals surface area contributed by atoms with E-state index in [1.165, 1.54) is 0 Å². The second-order valence-corrected chi connectivity index (χ2v) is 13.3. The van der Waals surface area contributed by atoms with E-state index in [1.807, 2.05) is 37.7 Å². The van der Waals surface area contributed by atoms with E-state index in [9.17, 15) is 9.59 Å². The molecule has 1 aromatic carbocycles. The molecule has 0 radical (unpaired) electrons. The van der Waals surface area contributed by atoms with Crippen LogP contribution in [0.2, 0.25) is 5.02 Å². The van der Waals surface area contributed by atoms with E-state index in [2.05, 4.69) is 21.0 Å². The molecule has 3 saturated heterocycles. The van der Waals surface area contributed by atoms with Crippen LogP contribution in [0.5, 0.6) is 0 Å². The van der Waals surface area contributed by atoms with Gasteiger partial charge in [0, 0.05) is 53.1 Å². The molecule has 3 aliphatic rings. The summed E-state index contributed by atoms with van der Waals surface area (Å²) < 4.78 is 19.9. The van der Waals surface area contributed by atoms with Crippen molar-refractivity contribution in [2.24, 2.45) is 5.41 Å². The minimum Gasteiger partial charge on any atom is -0.449 e. The molecule has 3 aliphatic heterocycles. The molecule has 1 spiro atoms. The molecule has 3 fully saturated rings. The van der Waals surface area contributed by atoms with Gasteiger partial charge in [-0.15, -0.1) is 0 Å². The summed E-state index contributed by atoms with van der Waals surface area (Å²) in [5.74, 6) is 0. The van der Waals surface area contributed by atoms with E-state index in [0.29, 0.717) is 50.7 Å². The monoisotopic (exact) mass is 624 g/mol. The number of likely N-dealkylation sites (tertiary alicyclic amines) is 2. The van der Waals surface area contributed by atoms with Gasteiger partial charge in [-0.1, -0.05) is 11.6 Å². The van der Waals surface area contributed by atoms with Crippen molar-refractivity contribution < 1.29 is 23.8 Å². The molecule has 1 atom stereocenters. The molecule has 0 aliphatic carbocycles. The van der Waals surface area contributed by atoms with Crippen LogP contribution in [0, 0.1) is 5.41 Å². The smallest absolute Gasteiger partial charge is 0.410 e. The first-order chi connectivity index (χ1) is 18.6. The summed E-state index contributed by atoms with van der Waals surface area (Å²) in [6, 6.07) is 1.96. The number of benzene rings is 1. The Morgan fingerprint density at radius 1 is 1.18 bits per heavy atom. The van der Waals surface area contributed by atoms with Crippen LogP contribution in [0.4, 0.5) is 9.59 Å². The molecule has 0 saturated carbocycles. The van der Waals surface area contributed by atoms with Gasteiger partial charge in [0.05, 0.1) is 18.3 Å². The highest BCUT2D eigenvalue weighted by atomic mass is 79.9. The van der Waals surface area contributed by atoms with Gasteiger partial charge in [-0.05, 0) is 93.3 Å². The van der Waals surface area contributed by atoms with Crippen molar-refractivity contribution in [3.05, 3.63) is 27.3 Å². The third-order valence-corrected chi connectivity index (χ3v) is 8.98. The number of rotatable bonds is 5. The zero-order valence-corrected chi connectivity index (χ0v) is 25.4. The standard InChI is InChI=1S/C28H38BrClN4O5/c1-27(2,3)39-26(36)32-11-7-10-28(16-32)17-33(18-28)25(35)38-13-6-8-19-21(30)14-22-20(24(19)29)15-31-34(22)23-9-4-5-12-37-23/h14-15,23H,4-13,16-18H2,1-3H3. The largest absolute Gasteiger partial charge is 0.449 e. The number of piperidine rings is 1. The molecule has 9 nitrogen and oxygen atoms in total. The predicted molar refractivity (Wildman–Crippen MR) is 152 cm³/mol. The first-order valence-electron chi connectivity index (χ1n) is 13.9. The summed E-state index contributed by atoms with van der Waals surface area (Å²) >= 11 is 10.4. The van der Waals surface area contributed by atoms with Crippen LogP contribution in [0.25, 0.3) is 10.9 Å². The summed E-state index contributed by atoms with van der Waals surface area (Å²) in [6.45, 7) is 9.20. The summed E-state index contributed by atoms with van der Waals surface area (Å²) in [7, 11) is 0. The van der Waals surface area contributed by atoms with Crippen LogP contribution < -0.4 is 0 Å². The molecule has 2 aromatic rings. The highest BCUT2D eigenvalue weighted by Gasteiger charge is 2.49. The number of fused-ring (bicyclic) bond motifs is 1. The average Bonchev–Trinajstić information content (AvgIpc) is 3.30. The molecule has 4 heterocycles. The van der Waals surface area contributed by atoms with Crippen LogP contribution in [0.1, 0.15) is 71.1 Å². The lowest BCUT2D eigenvalue weighted by molar-refractivity contribution is -0.0543. The van der Waals surface area contributed by atoms with Crippen molar-refractivity contribution in [2.45, 2.75) is 77.5 Å². The molecule has 39 heavy (non-hydrogen) atoms. The van der Waals surface area contributed by atoms with Crippen LogP contribution in [0.15, 0.2) is 16.7 Å². The van der Waals surface area contributed by atoms with Gasteiger partial charge < -0.3 is 24.0 Å². The van der Waals surface area contributed by atoms with E-state index in [-0.39, 0.29) is 23.8 Å². The first-order valence-corrected chi connectivity index (χ1v) is 15.1. The number of carbonyl (C=O) groups excluding carboxylic acids is 2. The van der Waals surface area contributed by atoms with E-state index in [4.69, 9.17) is 25.8 Å². The van der Waals surface area contributed by atoms with E-state index in [0.717, 1.165) is 59.7 Å². The molecule has 0 N–H and O–H groups in total. The number of halogens is 2. The van der Waals surface area contributed by atoms with Crippen molar-refractivity contribution in [3.8, 4) is 0 Å². The van der Waals surface area contributed by atoms with Crippen molar-refractivity contribution in [1.29, 1.82) is 0 Å². The molecule has 1 unspecified atom stereocenters. The lowest BCUT2D eigenvalue weighted by atomic mass is 9.73. The van der Waals surface area contributed by atoms with Gasteiger partial charge in [0.1, 0.15) is 5.60 Å². The molecule has 5 rings (SSSR count). The van der Waals surface area contributed by atoms with Crippen molar-refractivity contribution in [1.82, 2.24) is 19.6 Å². The second kappa shape index (κ2) is 11.4. The van der Waals surface area contributed by atoms with Crippen molar-refractivity contribution >= 4 is 50.6 Å². The number of nitrogens with zero attached hydrogens (tertiary/aromatic N) is 4. The summed E-state index contributed by atoms with van der Waals surface area (Å²) in [5.41, 5.74) is 1.36. The number of hydrogen-bond acceptors (Lipinski definition) is 6. The minimum atomic E-state index is -0.519. The lowest BCUT2D eigenvalue weighted by Crippen LogP contribution is -2.65. The lowest BCUT2D eigenvalue weighted by Gasteiger charge is -2.53. The van der Waals surface area contributed by atoms with Gasteiger partial charge in [0.15, 0.2) is 6.23 Å². The molecule has 2 amide bonds. The number of ether oxygens (including phenoxy) is 3. The Morgan fingerprint density at radius 2 is 1.95 bits per heavy atom. The summed E-state index contributed by atoms with van der Waals surface area (Å²) in [4.78, 5) is 28.7. The van der Waals surface area contributed by atoms with Crippen molar-refractivity contribution in [3.63, 3.8) is 0 Å². The van der Waals surface area contributed by atoms with Gasteiger partial charge in [0.2, 0.25) is 0 Å². The van der Waals surface area contributed by atoms with Crippen LogP contribution >= 0.6 is 27.5 Å². The Morgan fingerprint density at radius 3 is 2.67 bits per heavy atom. The third kappa shape index (κ3) is 6.33. The fourth-order valence-corrected chi connectivity index (χ4v) is 7.00. The van der Waals surface area contributed by atoms with Crippen molar-refractivity contribution in [2.75, 3.05) is 39.4 Å². The summed E-state index contributed by atoms with van der Waals surface area (Å²) in [6.07, 6.45) is 7.60. The molecule has 11 heteroatoms. The number of aromatic nitrogens is 2. The predicted octanol–water partition coefficient (Wildman–Crippen LogP) is 6.55. The Balaban J connectivity index is 1.10. The third-order valence-electron chi connectivity index (χ3n) is 7.74. The van der Waals surface area contributed by atoms with Crippen LogP contribution in [-0.2, 0) is 20.6 Å². The molecule has 214 valence electrons. The SMILES string of the molecule is CC(C)(C)OC(=O)N1CCCC2(CN(C(=O)OCCCc3c(Cl)cc4c(cnn4C4CCCCO4)c3Br)C2)C1. The fourth-order valence-electron chi connectivity index (χ4n) is 5.88. The first kappa shape index (κ1) is 28.5. The molecular formula is C28H38BrClN4O5. The maximum atomic E-state index is 12.7. The highest BCUT2D eigenvalue weighted by Crippen LogP contribution is 2.40. The number of carbonyl (C=O) groups is 2. The van der Waals surface area contributed by atoms with Gasteiger partial charge in [-0.2, -0.15) is 5.10 Å². The minimum absolute atomic E-state index is 0.0564. The van der Waals surface area contributed by atoms with Gasteiger partial charge >= 0.3 is 12.2 Å². The highest BCUT2D eigenvalue weighted by molar-refractivity contribution is 9.10. The molecular weight excluding hydrogens is 588 g/mol. The zero-order chi connectivity index (χ0) is 27.8. The van der Waals surface area contributed by atoms with Gasteiger partial charge in [-0.3, -0.25) is 0 Å². The van der Waals surface area contributed by atoms with E-state index < -0.39 is 5.60 Å². The van der Waals surface area contributed by atoms with E-state index in [1.54, 1.807) is 9.80 Å². The Hall–Kier alpha value is -2.04. The Bertz CT molecular complexity index is 1220. The zero-order valence-electron chi connectivity index (χ0n) is 23.0. The average molecular weight is 626 g/mol. The maximum Gasteiger partial charge on any atom is 0.410 e. The number of hydrogen-bond donors (Lipinski definition) is 0. The quantitative estimate of drug-likeness (QED) is 0.350.